The summed E-state index contributed by atoms with van der Waals surface area (Å²) >= 11 is 0. The van der Waals surface area contributed by atoms with Crippen molar-refractivity contribution in [2.45, 2.75) is 92.0 Å². The maximum absolute atomic E-state index is 3.98. The Morgan fingerprint density at radius 1 is 0.905 bits per heavy atom. The molecule has 0 amide bonds. The molecule has 0 aliphatic heterocycles. The van der Waals surface area contributed by atoms with Crippen LogP contribution in [0.1, 0.15) is 86.0 Å². The standard InChI is InChI=1S/C20H39N/c1-15(2)18-8-6-7-9-19(18)21-14-16-10-12-17(13-11-16)20(3,4)5/h15-19,21H,6-14H2,1-5H3. The lowest BCUT2D eigenvalue weighted by Gasteiger charge is -2.39. The van der Waals surface area contributed by atoms with Gasteiger partial charge < -0.3 is 5.32 Å². The van der Waals surface area contributed by atoms with Crippen LogP contribution in [0.25, 0.3) is 0 Å². The summed E-state index contributed by atoms with van der Waals surface area (Å²) in [5.74, 6) is 3.66. The first-order valence-corrected chi connectivity index (χ1v) is 9.61. The lowest BCUT2D eigenvalue weighted by atomic mass is 9.69. The molecule has 0 aromatic rings. The van der Waals surface area contributed by atoms with E-state index in [0.29, 0.717) is 5.41 Å². The Hall–Kier alpha value is -0.0400. The van der Waals surface area contributed by atoms with Gasteiger partial charge in [-0.3, -0.25) is 0 Å². The van der Waals surface area contributed by atoms with Gasteiger partial charge in [0.05, 0.1) is 0 Å². The Balaban J connectivity index is 1.74. The summed E-state index contributed by atoms with van der Waals surface area (Å²) in [5.41, 5.74) is 0.518. The largest absolute Gasteiger partial charge is 0.313 e. The van der Waals surface area contributed by atoms with E-state index < -0.39 is 0 Å². The number of rotatable bonds is 4. The van der Waals surface area contributed by atoms with Crippen molar-refractivity contribution in [1.82, 2.24) is 5.32 Å². The third-order valence-corrected chi connectivity index (χ3v) is 6.42. The molecular weight excluding hydrogens is 254 g/mol. The number of hydrogen-bond acceptors (Lipinski definition) is 1. The summed E-state index contributed by atoms with van der Waals surface area (Å²) in [7, 11) is 0. The second kappa shape index (κ2) is 7.49. The summed E-state index contributed by atoms with van der Waals surface area (Å²) in [5, 5.41) is 3.98. The van der Waals surface area contributed by atoms with E-state index in [1.807, 2.05) is 0 Å². The van der Waals surface area contributed by atoms with Crippen molar-refractivity contribution in [3.8, 4) is 0 Å². The third-order valence-electron chi connectivity index (χ3n) is 6.42. The molecular formula is C20H39N. The Morgan fingerprint density at radius 2 is 1.52 bits per heavy atom. The van der Waals surface area contributed by atoms with E-state index in [1.165, 1.54) is 57.9 Å². The van der Waals surface area contributed by atoms with Crippen molar-refractivity contribution in [2.24, 2.45) is 29.1 Å². The van der Waals surface area contributed by atoms with Gasteiger partial charge in [-0.15, -0.1) is 0 Å². The fraction of sp³-hybridized carbons (Fsp3) is 1.00. The first kappa shape index (κ1) is 17.3. The molecule has 2 aliphatic carbocycles. The smallest absolute Gasteiger partial charge is 0.00978 e. The van der Waals surface area contributed by atoms with Crippen molar-refractivity contribution >= 4 is 0 Å². The first-order chi connectivity index (χ1) is 9.88. The quantitative estimate of drug-likeness (QED) is 0.707. The predicted molar refractivity (Wildman–Crippen MR) is 93.5 cm³/mol. The topological polar surface area (TPSA) is 12.0 Å². The molecule has 1 N–H and O–H groups in total. The predicted octanol–water partition coefficient (Wildman–Crippen LogP) is 5.64. The van der Waals surface area contributed by atoms with Gasteiger partial charge in [0.1, 0.15) is 0 Å². The van der Waals surface area contributed by atoms with E-state index in [9.17, 15) is 0 Å². The lowest BCUT2D eigenvalue weighted by Crippen LogP contribution is -2.43. The molecule has 21 heavy (non-hydrogen) atoms. The maximum Gasteiger partial charge on any atom is 0.00978 e. The van der Waals surface area contributed by atoms with Crippen LogP contribution in [0.3, 0.4) is 0 Å². The minimum absolute atomic E-state index is 0.518. The molecule has 0 bridgehead atoms. The van der Waals surface area contributed by atoms with E-state index in [2.05, 4.69) is 39.9 Å². The molecule has 2 saturated carbocycles. The van der Waals surface area contributed by atoms with Crippen LogP contribution >= 0.6 is 0 Å². The van der Waals surface area contributed by atoms with Gasteiger partial charge in [0, 0.05) is 6.04 Å². The molecule has 1 heteroatoms. The van der Waals surface area contributed by atoms with Gasteiger partial charge in [-0.1, -0.05) is 47.5 Å². The Morgan fingerprint density at radius 3 is 2.10 bits per heavy atom. The molecule has 1 nitrogen and oxygen atoms in total. The van der Waals surface area contributed by atoms with Gasteiger partial charge in [0.15, 0.2) is 0 Å². The monoisotopic (exact) mass is 293 g/mol. The lowest BCUT2D eigenvalue weighted by molar-refractivity contribution is 0.139. The number of hydrogen-bond donors (Lipinski definition) is 1. The normalized spacial score (nSPS) is 35.1. The second-order valence-corrected chi connectivity index (χ2v) is 9.29. The van der Waals surface area contributed by atoms with Crippen LogP contribution < -0.4 is 5.32 Å². The van der Waals surface area contributed by atoms with E-state index in [1.54, 1.807) is 0 Å². The molecule has 124 valence electrons. The van der Waals surface area contributed by atoms with Gasteiger partial charge in [0.25, 0.3) is 0 Å². The highest BCUT2D eigenvalue weighted by Gasteiger charge is 2.31. The van der Waals surface area contributed by atoms with Gasteiger partial charge >= 0.3 is 0 Å². The summed E-state index contributed by atoms with van der Waals surface area (Å²) in [6, 6.07) is 0.805. The zero-order valence-corrected chi connectivity index (χ0v) is 15.3. The average Bonchev–Trinajstić information content (AvgIpc) is 2.45. The SMILES string of the molecule is CC(C)C1CCCCC1NCC1CCC(C(C)(C)C)CC1. The second-order valence-electron chi connectivity index (χ2n) is 9.29. The van der Waals surface area contributed by atoms with Gasteiger partial charge in [-0.25, -0.2) is 0 Å². The van der Waals surface area contributed by atoms with Crippen molar-refractivity contribution in [1.29, 1.82) is 0 Å². The molecule has 0 heterocycles. The van der Waals surface area contributed by atoms with Crippen LogP contribution in [0.2, 0.25) is 0 Å². The van der Waals surface area contributed by atoms with Crippen LogP contribution in [0.4, 0.5) is 0 Å². The van der Waals surface area contributed by atoms with Gasteiger partial charge in [-0.2, -0.15) is 0 Å². The summed E-state index contributed by atoms with van der Waals surface area (Å²) in [6.45, 7) is 13.4. The Bertz CT molecular complexity index is 293. The minimum atomic E-state index is 0.518. The van der Waals surface area contributed by atoms with E-state index in [4.69, 9.17) is 0 Å². The molecule has 0 saturated heterocycles. The van der Waals surface area contributed by atoms with Crippen LogP contribution in [-0.4, -0.2) is 12.6 Å². The Kier molecular flexibility index (Phi) is 6.17. The summed E-state index contributed by atoms with van der Waals surface area (Å²) in [4.78, 5) is 0. The minimum Gasteiger partial charge on any atom is -0.313 e. The highest BCUT2D eigenvalue weighted by Crippen LogP contribution is 2.39. The average molecular weight is 294 g/mol. The molecule has 0 aromatic heterocycles. The fourth-order valence-corrected chi connectivity index (χ4v) is 4.76. The van der Waals surface area contributed by atoms with Gasteiger partial charge in [-0.05, 0) is 74.2 Å². The molecule has 2 rings (SSSR count). The van der Waals surface area contributed by atoms with E-state index >= 15 is 0 Å². The molecule has 2 unspecified atom stereocenters. The fourth-order valence-electron chi connectivity index (χ4n) is 4.76. The van der Waals surface area contributed by atoms with E-state index in [-0.39, 0.29) is 0 Å². The molecule has 2 aliphatic rings. The third kappa shape index (κ3) is 4.98. The zero-order chi connectivity index (χ0) is 15.5. The van der Waals surface area contributed by atoms with Gasteiger partial charge in [0.2, 0.25) is 0 Å². The van der Waals surface area contributed by atoms with Crippen molar-refractivity contribution in [3.05, 3.63) is 0 Å². The number of nitrogens with one attached hydrogen (secondary N) is 1. The van der Waals surface area contributed by atoms with E-state index in [0.717, 1.165) is 29.7 Å². The zero-order valence-electron chi connectivity index (χ0n) is 15.3. The van der Waals surface area contributed by atoms with Crippen LogP contribution in [0.5, 0.6) is 0 Å². The van der Waals surface area contributed by atoms with Crippen LogP contribution in [-0.2, 0) is 0 Å². The molecule has 2 fully saturated rings. The molecule has 0 spiro atoms. The van der Waals surface area contributed by atoms with Crippen molar-refractivity contribution in [2.75, 3.05) is 6.54 Å². The molecule has 0 aromatic carbocycles. The molecule has 0 radical (unpaired) electrons. The van der Waals surface area contributed by atoms with Crippen molar-refractivity contribution in [3.63, 3.8) is 0 Å². The Labute approximate surface area is 133 Å². The van der Waals surface area contributed by atoms with Crippen LogP contribution in [0.15, 0.2) is 0 Å². The highest BCUT2D eigenvalue weighted by molar-refractivity contribution is 4.85. The first-order valence-electron chi connectivity index (χ1n) is 9.61. The molecule has 2 atom stereocenters. The summed E-state index contributed by atoms with van der Waals surface area (Å²) < 4.78 is 0. The van der Waals surface area contributed by atoms with Crippen LogP contribution in [0, 0.1) is 29.1 Å². The van der Waals surface area contributed by atoms with Crippen molar-refractivity contribution < 1.29 is 0 Å². The highest BCUT2D eigenvalue weighted by atomic mass is 14.9. The summed E-state index contributed by atoms with van der Waals surface area (Å²) in [6.07, 6.45) is 11.6. The maximum atomic E-state index is 3.98.